The Labute approximate surface area is 275 Å². The lowest BCUT2D eigenvalue weighted by atomic mass is 9.88. The second kappa shape index (κ2) is 13.6. The van der Waals surface area contributed by atoms with Gasteiger partial charge in [-0.1, -0.05) is 13.0 Å². The van der Waals surface area contributed by atoms with Gasteiger partial charge in [0.25, 0.3) is 0 Å². The fourth-order valence-electron chi connectivity index (χ4n) is 6.88. The molecule has 0 radical (unpaired) electrons. The van der Waals surface area contributed by atoms with E-state index in [0.717, 1.165) is 43.3 Å². The van der Waals surface area contributed by atoms with Gasteiger partial charge in [-0.05, 0) is 80.9 Å². The lowest BCUT2D eigenvalue weighted by molar-refractivity contribution is -0.120. The lowest BCUT2D eigenvalue weighted by Gasteiger charge is -2.37. The van der Waals surface area contributed by atoms with Crippen molar-refractivity contribution in [2.45, 2.75) is 68.3 Å². The van der Waals surface area contributed by atoms with Gasteiger partial charge in [0.05, 0.1) is 16.0 Å². The molecule has 14 heteroatoms. The number of nitrogens with zero attached hydrogens (tertiary/aromatic N) is 6. The zero-order valence-corrected chi connectivity index (χ0v) is 27.7. The summed E-state index contributed by atoms with van der Waals surface area (Å²) in [7, 11) is -1.85. The molecule has 2 aromatic carbocycles. The zero-order chi connectivity index (χ0) is 33.3. The van der Waals surface area contributed by atoms with Crippen LogP contribution in [-0.2, 0) is 21.9 Å². The molecule has 0 spiro atoms. The number of fused-ring (bicyclic) bond motifs is 1. The van der Waals surface area contributed by atoms with Crippen molar-refractivity contribution in [1.29, 1.82) is 5.26 Å². The summed E-state index contributed by atoms with van der Waals surface area (Å²) in [6.07, 6.45) is 4.25. The topological polar surface area (TPSA) is 167 Å². The third kappa shape index (κ3) is 6.71. The molecule has 3 amide bonds. The van der Waals surface area contributed by atoms with Crippen molar-refractivity contribution in [3.05, 3.63) is 47.5 Å². The molecular weight excluding hydrogens is 620 g/mol. The molecule has 3 aliphatic rings. The van der Waals surface area contributed by atoms with E-state index in [0.29, 0.717) is 56.4 Å². The number of sulfonamides is 1. The smallest absolute Gasteiger partial charge is 0.329 e. The van der Waals surface area contributed by atoms with Gasteiger partial charge >= 0.3 is 6.03 Å². The molecule has 1 aromatic heterocycles. The lowest BCUT2D eigenvalue weighted by Crippen LogP contribution is -2.49. The molecule has 3 saturated heterocycles. The number of anilines is 1. The molecule has 4 heterocycles. The number of aromatic nitrogens is 2. The van der Waals surface area contributed by atoms with Gasteiger partial charge in [0, 0.05) is 56.6 Å². The Balaban J connectivity index is 1.10. The number of rotatable bonds is 9. The predicted octanol–water partition coefficient (Wildman–Crippen LogP) is 3.04. The van der Waals surface area contributed by atoms with Gasteiger partial charge in [0.2, 0.25) is 15.9 Å². The van der Waals surface area contributed by atoms with Gasteiger partial charge in [-0.15, -0.1) is 0 Å². The number of likely N-dealkylation sites (tertiary alicyclic amines) is 1. The number of hydrogen-bond donors (Lipinski definition) is 2. The minimum atomic E-state index is -3.72. The van der Waals surface area contributed by atoms with Crippen molar-refractivity contribution < 1.29 is 22.7 Å². The first-order valence-corrected chi connectivity index (χ1v) is 17.8. The summed E-state index contributed by atoms with van der Waals surface area (Å²) in [4.78, 5) is 28.1. The number of carbonyl (C=O) groups excluding carboxylic acids is 2. The van der Waals surface area contributed by atoms with Crippen molar-refractivity contribution in [3.8, 4) is 11.8 Å². The van der Waals surface area contributed by atoms with Crippen LogP contribution in [0.4, 0.5) is 10.6 Å². The third-order valence-corrected chi connectivity index (χ3v) is 11.7. The number of urea groups is 1. The normalized spacial score (nSPS) is 19.9. The SMILES string of the molecule is CCC(COc1cc(S(=O)(=O)N2CCC(N)CC2)ccc1C#N)N1CCC(c2ccc3c(N4CCC(=O)NC4=O)nn(C)c3c2)CC1. The number of nitriles is 1. The van der Waals surface area contributed by atoms with Crippen LogP contribution in [0.2, 0.25) is 0 Å². The molecule has 13 nitrogen and oxygen atoms in total. The first-order valence-electron chi connectivity index (χ1n) is 16.3. The molecule has 250 valence electrons. The standard InChI is InChI=1S/C33H42N8O5S/c1-3-26(21-46-30-19-27(6-4-24(30)20-34)47(44,45)40-15-10-25(35)11-16-40)39-13-8-22(9-14-39)23-5-7-28-29(18-23)38(2)37-32(28)41-17-12-31(42)36-33(41)43/h4-7,18-19,22,25-26H,3,8-17,21,35H2,1-2H3,(H,36,42,43). The van der Waals surface area contributed by atoms with Gasteiger partial charge in [-0.3, -0.25) is 24.6 Å². The summed E-state index contributed by atoms with van der Waals surface area (Å²) >= 11 is 0. The number of piperidine rings is 2. The molecule has 0 bridgehead atoms. The molecule has 47 heavy (non-hydrogen) atoms. The molecule has 1 atom stereocenters. The zero-order valence-electron chi connectivity index (χ0n) is 26.9. The van der Waals surface area contributed by atoms with Gasteiger partial charge < -0.3 is 10.5 Å². The molecule has 3 fully saturated rings. The maximum atomic E-state index is 13.3. The number of benzene rings is 2. The van der Waals surface area contributed by atoms with E-state index in [1.54, 1.807) is 4.68 Å². The Hall–Kier alpha value is -4.03. The van der Waals surface area contributed by atoms with Crippen molar-refractivity contribution in [1.82, 2.24) is 24.3 Å². The summed E-state index contributed by atoms with van der Waals surface area (Å²) in [5, 5.41) is 17.6. The number of aryl methyl sites for hydroxylation is 1. The van der Waals surface area contributed by atoms with Crippen LogP contribution in [-0.4, -0.2) is 90.8 Å². The number of hydrogen-bond acceptors (Lipinski definition) is 9. The van der Waals surface area contributed by atoms with Gasteiger partial charge in [0.1, 0.15) is 18.4 Å². The molecule has 0 aliphatic carbocycles. The molecule has 6 rings (SSSR count). The van der Waals surface area contributed by atoms with Crippen molar-refractivity contribution >= 4 is 38.7 Å². The first-order chi connectivity index (χ1) is 22.6. The summed E-state index contributed by atoms with van der Waals surface area (Å²) in [5.41, 5.74) is 8.44. The van der Waals surface area contributed by atoms with Crippen LogP contribution in [0.5, 0.6) is 5.75 Å². The second-order valence-corrected chi connectivity index (χ2v) is 14.6. The van der Waals surface area contributed by atoms with E-state index in [4.69, 9.17) is 10.5 Å². The van der Waals surface area contributed by atoms with E-state index >= 15 is 0 Å². The van der Waals surface area contributed by atoms with Crippen molar-refractivity contribution in [2.75, 3.05) is 44.2 Å². The second-order valence-electron chi connectivity index (χ2n) is 12.7. The van der Waals surface area contributed by atoms with Crippen molar-refractivity contribution in [3.63, 3.8) is 0 Å². The van der Waals surface area contributed by atoms with Gasteiger partial charge in [-0.25, -0.2) is 13.2 Å². The average molecular weight is 663 g/mol. The van der Waals surface area contributed by atoms with Crippen LogP contribution in [0.25, 0.3) is 10.9 Å². The number of nitrogens with two attached hydrogens (primary N) is 1. The van der Waals surface area contributed by atoms with E-state index in [1.807, 2.05) is 13.1 Å². The monoisotopic (exact) mass is 662 g/mol. The summed E-state index contributed by atoms with van der Waals surface area (Å²) in [6, 6.07) is 12.6. The van der Waals surface area contributed by atoms with Gasteiger partial charge in [0.15, 0.2) is 5.82 Å². The Bertz CT molecular complexity index is 1800. The number of ether oxygens (including phenoxy) is 1. The van der Waals surface area contributed by atoms with E-state index in [-0.39, 0.29) is 35.1 Å². The quantitative estimate of drug-likeness (QED) is 0.350. The Morgan fingerprint density at radius 3 is 2.49 bits per heavy atom. The van der Waals surface area contributed by atoms with E-state index < -0.39 is 16.1 Å². The van der Waals surface area contributed by atoms with Crippen LogP contribution < -0.4 is 20.7 Å². The molecule has 3 N–H and O–H groups in total. The third-order valence-electron chi connectivity index (χ3n) is 9.80. The Kier molecular flexibility index (Phi) is 9.52. The van der Waals surface area contributed by atoms with Crippen molar-refractivity contribution in [2.24, 2.45) is 12.8 Å². The minimum absolute atomic E-state index is 0.0144. The first kappa shape index (κ1) is 32.9. The summed E-state index contributed by atoms with van der Waals surface area (Å²) in [6.45, 7) is 5.27. The Morgan fingerprint density at radius 2 is 1.81 bits per heavy atom. The number of nitrogens with one attached hydrogen (secondary N) is 1. The van der Waals surface area contributed by atoms with Crippen LogP contribution in [0.3, 0.4) is 0 Å². The highest BCUT2D eigenvalue weighted by molar-refractivity contribution is 7.89. The molecule has 0 saturated carbocycles. The molecular formula is C33H42N8O5S. The molecule has 1 unspecified atom stereocenters. The van der Waals surface area contributed by atoms with E-state index in [1.165, 1.54) is 33.0 Å². The number of imide groups is 1. The minimum Gasteiger partial charge on any atom is -0.491 e. The summed E-state index contributed by atoms with van der Waals surface area (Å²) in [5.74, 6) is 0.925. The van der Waals surface area contributed by atoms with Crippen LogP contribution >= 0.6 is 0 Å². The predicted molar refractivity (Wildman–Crippen MR) is 176 cm³/mol. The average Bonchev–Trinajstić information content (AvgIpc) is 3.40. The maximum Gasteiger partial charge on any atom is 0.329 e. The number of carbonyl (C=O) groups is 2. The highest BCUT2D eigenvalue weighted by atomic mass is 32.2. The van der Waals surface area contributed by atoms with E-state index in [2.05, 4.69) is 40.4 Å². The Morgan fingerprint density at radius 1 is 1.06 bits per heavy atom. The fourth-order valence-corrected chi connectivity index (χ4v) is 8.37. The van der Waals surface area contributed by atoms with Crippen LogP contribution in [0, 0.1) is 11.3 Å². The fraction of sp³-hybridized carbons (Fsp3) is 0.515. The largest absolute Gasteiger partial charge is 0.491 e. The molecule has 3 aliphatic heterocycles. The highest BCUT2D eigenvalue weighted by Crippen LogP contribution is 2.34. The van der Waals surface area contributed by atoms with Crippen LogP contribution in [0.1, 0.15) is 62.5 Å². The van der Waals surface area contributed by atoms with Gasteiger partial charge in [-0.2, -0.15) is 14.7 Å². The number of amides is 3. The molecule has 3 aromatic rings. The summed E-state index contributed by atoms with van der Waals surface area (Å²) < 4.78 is 36.1. The highest BCUT2D eigenvalue weighted by Gasteiger charge is 2.31. The van der Waals surface area contributed by atoms with E-state index in [9.17, 15) is 23.3 Å². The van der Waals surface area contributed by atoms with Crippen LogP contribution in [0.15, 0.2) is 41.3 Å². The maximum absolute atomic E-state index is 13.3.